The summed E-state index contributed by atoms with van der Waals surface area (Å²) >= 11 is 0. The Labute approximate surface area is 60.5 Å². The van der Waals surface area contributed by atoms with Crippen LogP contribution in [-0.2, 0) is 9.53 Å². The molecule has 0 spiro atoms. The summed E-state index contributed by atoms with van der Waals surface area (Å²) in [6.07, 6.45) is 0.971. The SMILES string of the molecule is COCC(=O)[C@H]1C[C@H]1CN. The van der Waals surface area contributed by atoms with Crippen molar-refractivity contribution in [2.45, 2.75) is 6.42 Å². The molecule has 58 valence electrons. The van der Waals surface area contributed by atoms with Crippen molar-refractivity contribution in [3.8, 4) is 0 Å². The minimum Gasteiger partial charge on any atom is -0.377 e. The van der Waals surface area contributed by atoms with E-state index in [1.165, 1.54) is 7.11 Å². The minimum atomic E-state index is 0.206. The number of methoxy groups -OCH3 is 1. The second-order valence-electron chi connectivity index (χ2n) is 2.74. The van der Waals surface area contributed by atoms with Gasteiger partial charge in [-0.25, -0.2) is 0 Å². The Kier molecular flexibility index (Phi) is 2.40. The predicted octanol–water partition coefficient (Wildman–Crippen LogP) is -0.203. The Bertz CT molecular complexity index is 136. The molecule has 0 aromatic heterocycles. The van der Waals surface area contributed by atoms with E-state index in [0.29, 0.717) is 12.5 Å². The fourth-order valence-electron chi connectivity index (χ4n) is 1.15. The van der Waals surface area contributed by atoms with Crippen LogP contribution in [0.2, 0.25) is 0 Å². The van der Waals surface area contributed by atoms with Gasteiger partial charge in [0, 0.05) is 13.0 Å². The number of ketones is 1. The molecule has 3 heteroatoms. The second kappa shape index (κ2) is 3.12. The van der Waals surface area contributed by atoms with E-state index in [0.717, 1.165) is 6.42 Å². The average Bonchev–Trinajstić information content (AvgIpc) is 2.66. The van der Waals surface area contributed by atoms with Crippen LogP contribution in [0.25, 0.3) is 0 Å². The number of hydrogen-bond acceptors (Lipinski definition) is 3. The molecule has 2 atom stereocenters. The quantitative estimate of drug-likeness (QED) is 0.592. The van der Waals surface area contributed by atoms with Crippen LogP contribution in [0.4, 0.5) is 0 Å². The maximum absolute atomic E-state index is 11.0. The molecule has 1 aliphatic rings. The van der Waals surface area contributed by atoms with Crippen LogP contribution in [0.3, 0.4) is 0 Å². The minimum absolute atomic E-state index is 0.206. The second-order valence-corrected chi connectivity index (χ2v) is 2.74. The van der Waals surface area contributed by atoms with E-state index in [4.69, 9.17) is 10.5 Å². The normalized spacial score (nSPS) is 30.2. The van der Waals surface area contributed by atoms with Crippen LogP contribution in [0, 0.1) is 11.8 Å². The average molecular weight is 143 g/mol. The lowest BCUT2D eigenvalue weighted by molar-refractivity contribution is -0.124. The maximum Gasteiger partial charge on any atom is 0.161 e. The van der Waals surface area contributed by atoms with Gasteiger partial charge in [0.1, 0.15) is 6.61 Å². The van der Waals surface area contributed by atoms with Crippen molar-refractivity contribution >= 4 is 5.78 Å². The van der Waals surface area contributed by atoms with Gasteiger partial charge in [0.25, 0.3) is 0 Å². The first kappa shape index (κ1) is 7.69. The predicted molar refractivity (Wildman–Crippen MR) is 37.5 cm³/mol. The van der Waals surface area contributed by atoms with E-state index in [2.05, 4.69) is 0 Å². The monoisotopic (exact) mass is 143 g/mol. The largest absolute Gasteiger partial charge is 0.377 e. The van der Waals surface area contributed by atoms with Crippen molar-refractivity contribution in [3.63, 3.8) is 0 Å². The number of nitrogens with two attached hydrogens (primary N) is 1. The van der Waals surface area contributed by atoms with E-state index in [1.807, 2.05) is 0 Å². The first-order chi connectivity index (χ1) is 4.79. The summed E-state index contributed by atoms with van der Waals surface area (Å²) < 4.78 is 4.71. The zero-order valence-corrected chi connectivity index (χ0v) is 6.17. The van der Waals surface area contributed by atoms with Crippen molar-refractivity contribution in [2.75, 3.05) is 20.3 Å². The van der Waals surface area contributed by atoms with Crippen LogP contribution in [-0.4, -0.2) is 26.0 Å². The number of hydrogen-bond donors (Lipinski definition) is 1. The molecule has 1 fully saturated rings. The summed E-state index contributed by atoms with van der Waals surface area (Å²) in [6.45, 7) is 0.890. The van der Waals surface area contributed by atoms with Gasteiger partial charge in [-0.15, -0.1) is 0 Å². The highest BCUT2D eigenvalue weighted by atomic mass is 16.5. The van der Waals surface area contributed by atoms with E-state index in [-0.39, 0.29) is 18.3 Å². The molecule has 0 aromatic carbocycles. The van der Waals surface area contributed by atoms with Gasteiger partial charge >= 0.3 is 0 Å². The van der Waals surface area contributed by atoms with Gasteiger partial charge in [-0.3, -0.25) is 4.79 Å². The van der Waals surface area contributed by atoms with Gasteiger partial charge in [-0.1, -0.05) is 0 Å². The van der Waals surface area contributed by atoms with Crippen LogP contribution in [0.1, 0.15) is 6.42 Å². The summed E-state index contributed by atoms with van der Waals surface area (Å²) in [6, 6.07) is 0. The summed E-state index contributed by atoms with van der Waals surface area (Å²) in [5.74, 6) is 0.866. The van der Waals surface area contributed by atoms with E-state index in [9.17, 15) is 4.79 Å². The first-order valence-corrected chi connectivity index (χ1v) is 3.51. The van der Waals surface area contributed by atoms with Crippen LogP contribution < -0.4 is 5.73 Å². The highest BCUT2D eigenvalue weighted by molar-refractivity contribution is 5.84. The molecule has 0 amide bonds. The molecule has 0 unspecified atom stereocenters. The van der Waals surface area contributed by atoms with Crippen LogP contribution in [0.15, 0.2) is 0 Å². The molecule has 3 nitrogen and oxygen atoms in total. The third kappa shape index (κ3) is 1.55. The van der Waals surface area contributed by atoms with Crippen molar-refractivity contribution in [3.05, 3.63) is 0 Å². The highest BCUT2D eigenvalue weighted by Crippen LogP contribution is 2.37. The van der Waals surface area contributed by atoms with E-state index < -0.39 is 0 Å². The number of ether oxygens (including phenoxy) is 1. The first-order valence-electron chi connectivity index (χ1n) is 3.51. The van der Waals surface area contributed by atoms with Crippen molar-refractivity contribution in [2.24, 2.45) is 17.6 Å². The molecule has 0 radical (unpaired) electrons. The number of rotatable bonds is 4. The summed E-state index contributed by atoms with van der Waals surface area (Å²) in [5, 5.41) is 0. The molecular weight excluding hydrogens is 130 g/mol. The lowest BCUT2D eigenvalue weighted by Crippen LogP contribution is -2.12. The molecule has 0 heterocycles. The van der Waals surface area contributed by atoms with Crippen molar-refractivity contribution < 1.29 is 9.53 Å². The molecule has 1 aliphatic carbocycles. The zero-order chi connectivity index (χ0) is 7.56. The fraction of sp³-hybridized carbons (Fsp3) is 0.857. The number of Topliss-reactive ketones (excluding diaryl/α,β-unsaturated/α-hetero) is 1. The van der Waals surface area contributed by atoms with Gasteiger partial charge < -0.3 is 10.5 Å². The standard InChI is InChI=1S/C7H13NO2/c1-10-4-7(9)6-2-5(6)3-8/h5-6H,2-4,8H2,1H3/t5-,6-/m0/s1. The van der Waals surface area contributed by atoms with Crippen molar-refractivity contribution in [1.82, 2.24) is 0 Å². The molecule has 0 aromatic rings. The summed E-state index contributed by atoms with van der Waals surface area (Å²) in [5.41, 5.74) is 5.37. The molecule has 1 rings (SSSR count). The molecule has 0 bridgehead atoms. The number of carbonyl (C=O) groups excluding carboxylic acids is 1. The molecule has 10 heavy (non-hydrogen) atoms. The Hall–Kier alpha value is -0.410. The maximum atomic E-state index is 11.0. The van der Waals surface area contributed by atoms with Crippen molar-refractivity contribution in [1.29, 1.82) is 0 Å². The summed E-state index contributed by atoms with van der Waals surface area (Å²) in [7, 11) is 1.54. The van der Waals surface area contributed by atoms with Gasteiger partial charge in [-0.05, 0) is 18.9 Å². The van der Waals surface area contributed by atoms with Gasteiger partial charge in [0.15, 0.2) is 5.78 Å². The lowest BCUT2D eigenvalue weighted by atomic mass is 10.2. The Morgan fingerprint density at radius 2 is 2.50 bits per heavy atom. The van der Waals surface area contributed by atoms with Gasteiger partial charge in [0.2, 0.25) is 0 Å². The summed E-state index contributed by atoms with van der Waals surface area (Å²) in [4.78, 5) is 11.0. The molecule has 1 saturated carbocycles. The smallest absolute Gasteiger partial charge is 0.161 e. The van der Waals surface area contributed by atoms with E-state index in [1.54, 1.807) is 0 Å². The molecule has 0 aliphatic heterocycles. The zero-order valence-electron chi connectivity index (χ0n) is 6.17. The Morgan fingerprint density at radius 3 is 2.90 bits per heavy atom. The molecule has 2 N–H and O–H groups in total. The Morgan fingerprint density at radius 1 is 1.80 bits per heavy atom. The topological polar surface area (TPSA) is 52.3 Å². The van der Waals surface area contributed by atoms with Gasteiger partial charge in [-0.2, -0.15) is 0 Å². The third-order valence-corrected chi connectivity index (χ3v) is 1.93. The van der Waals surface area contributed by atoms with Crippen LogP contribution >= 0.6 is 0 Å². The number of carbonyl (C=O) groups is 1. The lowest BCUT2D eigenvalue weighted by Gasteiger charge is -1.95. The molecular formula is C7H13NO2. The molecule has 0 saturated heterocycles. The third-order valence-electron chi connectivity index (χ3n) is 1.93. The van der Waals surface area contributed by atoms with E-state index >= 15 is 0 Å². The highest BCUT2D eigenvalue weighted by Gasteiger charge is 2.40. The Balaban J connectivity index is 2.19. The fourth-order valence-corrected chi connectivity index (χ4v) is 1.15. The van der Waals surface area contributed by atoms with Gasteiger partial charge in [0.05, 0.1) is 0 Å². The van der Waals surface area contributed by atoms with Crippen LogP contribution in [0.5, 0.6) is 0 Å².